The molecular formula is C31H36O13S. The molecule has 0 amide bonds. The lowest BCUT2D eigenvalue weighted by atomic mass is 10.0. The number of carbonyl (C=O) groups excluding carboxylic acids is 4. The molecule has 3 aromatic rings. The van der Waals surface area contributed by atoms with Crippen LogP contribution in [-0.2, 0) is 47.5 Å². The van der Waals surface area contributed by atoms with E-state index in [1.165, 1.54) is 26.4 Å². The average molecular weight is 649 g/mol. The van der Waals surface area contributed by atoms with E-state index in [0.29, 0.717) is 10.1 Å². The Kier molecular flexibility index (Phi) is 14.3. The Morgan fingerprint density at radius 3 is 1.80 bits per heavy atom. The highest BCUT2D eigenvalue weighted by Gasteiger charge is 2.29. The molecule has 2 atom stereocenters. The molecular weight excluding hydrogens is 612 g/mol. The van der Waals surface area contributed by atoms with Crippen LogP contribution >= 0.6 is 11.3 Å². The van der Waals surface area contributed by atoms with Gasteiger partial charge in [-0.2, -0.15) is 0 Å². The van der Waals surface area contributed by atoms with Crippen LogP contribution in [0.3, 0.4) is 0 Å². The summed E-state index contributed by atoms with van der Waals surface area (Å²) in [5, 5.41) is 0.608. The lowest BCUT2D eigenvalue weighted by molar-refractivity contribution is -0.161. The van der Waals surface area contributed by atoms with Gasteiger partial charge in [-0.05, 0) is 38.1 Å². The van der Waals surface area contributed by atoms with Crippen LogP contribution in [0.25, 0.3) is 20.2 Å². The first-order chi connectivity index (χ1) is 21.8. The summed E-state index contributed by atoms with van der Waals surface area (Å²) >= 11 is 1.11. The molecule has 0 saturated carbocycles. The maximum absolute atomic E-state index is 13.7. The summed E-state index contributed by atoms with van der Waals surface area (Å²) in [7, 11) is 2.92. The topological polar surface area (TPSA) is 159 Å². The maximum Gasteiger partial charge on any atom is 0.340 e. The molecule has 0 spiro atoms. The van der Waals surface area contributed by atoms with Gasteiger partial charge in [0.2, 0.25) is 0 Å². The Morgan fingerprint density at radius 2 is 1.24 bits per heavy atom. The number of hydrogen-bond acceptors (Lipinski definition) is 14. The number of hydrogen-bond donors (Lipinski definition) is 0. The SMILES string of the molecule is CCOC(=O)C(COC(=O)c1ccc2c(=O)c3ccccc3sc2c1C(=O)OCC(OCCOC)C(=O)OCC)OCCOC. The second kappa shape index (κ2) is 18.1. The number of rotatable bonds is 18. The molecule has 3 rings (SSSR count). The van der Waals surface area contributed by atoms with Crippen molar-refractivity contribution in [2.45, 2.75) is 26.1 Å². The van der Waals surface area contributed by atoms with E-state index in [1.807, 2.05) is 0 Å². The molecule has 0 fully saturated rings. The highest BCUT2D eigenvalue weighted by molar-refractivity contribution is 7.25. The number of ether oxygens (including phenoxy) is 8. The lowest BCUT2D eigenvalue weighted by Gasteiger charge is -2.18. The van der Waals surface area contributed by atoms with Crippen molar-refractivity contribution in [3.63, 3.8) is 0 Å². The first-order valence-electron chi connectivity index (χ1n) is 14.1. The molecule has 2 aromatic carbocycles. The fourth-order valence-electron chi connectivity index (χ4n) is 4.08. The summed E-state index contributed by atoms with van der Waals surface area (Å²) in [5.74, 6) is -3.50. The van der Waals surface area contributed by atoms with Gasteiger partial charge in [0.25, 0.3) is 0 Å². The molecule has 0 saturated heterocycles. The Hall–Kier alpha value is -3.95. The maximum atomic E-state index is 13.7. The van der Waals surface area contributed by atoms with Crippen LogP contribution in [0.1, 0.15) is 34.6 Å². The third-order valence-corrected chi connectivity index (χ3v) is 7.42. The van der Waals surface area contributed by atoms with E-state index in [-0.39, 0.29) is 66.3 Å². The number of methoxy groups -OCH3 is 2. The van der Waals surface area contributed by atoms with E-state index >= 15 is 0 Å². The average Bonchev–Trinajstić information content (AvgIpc) is 3.03. The molecule has 1 heterocycles. The zero-order valence-electron chi connectivity index (χ0n) is 25.5. The Bertz CT molecular complexity index is 1530. The third kappa shape index (κ3) is 9.52. The van der Waals surface area contributed by atoms with Crippen molar-refractivity contribution in [2.24, 2.45) is 0 Å². The molecule has 0 aliphatic carbocycles. The number of benzene rings is 2. The van der Waals surface area contributed by atoms with Gasteiger partial charge in [-0.15, -0.1) is 11.3 Å². The molecule has 0 bridgehead atoms. The third-order valence-electron chi connectivity index (χ3n) is 6.21. The number of fused-ring (bicyclic) bond motifs is 2. The van der Waals surface area contributed by atoms with Crippen molar-refractivity contribution in [3.05, 3.63) is 57.7 Å². The van der Waals surface area contributed by atoms with Crippen LogP contribution in [0.2, 0.25) is 0 Å². The van der Waals surface area contributed by atoms with Crippen LogP contribution < -0.4 is 5.43 Å². The van der Waals surface area contributed by atoms with Crippen LogP contribution in [0, 0.1) is 0 Å². The monoisotopic (exact) mass is 648 g/mol. The smallest absolute Gasteiger partial charge is 0.340 e. The van der Waals surface area contributed by atoms with E-state index in [2.05, 4.69) is 0 Å². The van der Waals surface area contributed by atoms with Crippen LogP contribution in [0.4, 0.5) is 0 Å². The minimum Gasteiger partial charge on any atom is -0.464 e. The second-order valence-corrected chi connectivity index (χ2v) is 10.2. The number of carbonyl (C=O) groups is 4. The van der Waals surface area contributed by atoms with E-state index in [1.54, 1.807) is 38.1 Å². The fourth-order valence-corrected chi connectivity index (χ4v) is 5.28. The van der Waals surface area contributed by atoms with E-state index < -0.39 is 49.3 Å². The van der Waals surface area contributed by atoms with Gasteiger partial charge in [-0.1, -0.05) is 12.1 Å². The molecule has 14 heteroatoms. The van der Waals surface area contributed by atoms with Crippen molar-refractivity contribution in [1.29, 1.82) is 0 Å². The van der Waals surface area contributed by atoms with E-state index in [0.717, 1.165) is 11.3 Å². The van der Waals surface area contributed by atoms with Gasteiger partial charge in [0, 0.05) is 29.7 Å². The normalized spacial score (nSPS) is 12.4. The standard InChI is InChI=1S/C31H36O13S/c1-5-39-29(34)22(41-15-13-37-3)17-43-28(33)20-11-12-21-26(32)19-9-7-8-10-24(19)45-27(21)25(20)31(36)44-18-23(30(35)40-6-2)42-16-14-38-4/h7-12,22-23H,5-6,13-18H2,1-4H3. The predicted octanol–water partition coefficient (Wildman–Crippen LogP) is 2.92. The molecule has 0 radical (unpaired) electrons. The molecule has 2 unspecified atom stereocenters. The lowest BCUT2D eigenvalue weighted by Crippen LogP contribution is -2.34. The first kappa shape index (κ1) is 35.5. The summed E-state index contributed by atoms with van der Waals surface area (Å²) in [6.45, 7) is 2.70. The molecule has 45 heavy (non-hydrogen) atoms. The summed E-state index contributed by atoms with van der Waals surface area (Å²) < 4.78 is 42.5. The molecule has 0 aliphatic rings. The van der Waals surface area contributed by atoms with Gasteiger partial charge in [-0.3, -0.25) is 4.79 Å². The summed E-state index contributed by atoms with van der Waals surface area (Å²) in [6, 6.07) is 9.52. The zero-order chi connectivity index (χ0) is 32.8. The molecule has 1 aromatic heterocycles. The van der Waals surface area contributed by atoms with E-state index in [9.17, 15) is 24.0 Å². The van der Waals surface area contributed by atoms with Crippen molar-refractivity contribution in [3.8, 4) is 0 Å². The second-order valence-electron chi connectivity index (χ2n) is 9.20. The van der Waals surface area contributed by atoms with E-state index in [4.69, 9.17) is 37.9 Å². The van der Waals surface area contributed by atoms with Crippen LogP contribution in [0.15, 0.2) is 41.2 Å². The fraction of sp³-hybridized carbons (Fsp3) is 0.452. The predicted molar refractivity (Wildman–Crippen MR) is 163 cm³/mol. The van der Waals surface area contributed by atoms with Crippen LogP contribution in [0.5, 0.6) is 0 Å². The van der Waals surface area contributed by atoms with Crippen molar-refractivity contribution in [2.75, 3.05) is 67.1 Å². The quantitative estimate of drug-likeness (QED) is 0.0858. The summed E-state index contributed by atoms with van der Waals surface area (Å²) in [4.78, 5) is 65.3. The van der Waals surface area contributed by atoms with Gasteiger partial charge < -0.3 is 37.9 Å². The van der Waals surface area contributed by atoms with Gasteiger partial charge in [-0.25, -0.2) is 19.2 Å². The van der Waals surface area contributed by atoms with Crippen molar-refractivity contribution >= 4 is 55.4 Å². The van der Waals surface area contributed by atoms with Gasteiger partial charge in [0.1, 0.15) is 13.2 Å². The summed E-state index contributed by atoms with van der Waals surface area (Å²) in [5.41, 5.74) is -0.835. The molecule has 244 valence electrons. The highest BCUT2D eigenvalue weighted by Crippen LogP contribution is 2.31. The first-order valence-corrected chi connectivity index (χ1v) is 15.0. The van der Waals surface area contributed by atoms with Crippen LogP contribution in [-0.4, -0.2) is 103 Å². The molecule has 0 aliphatic heterocycles. The minimum atomic E-state index is -1.27. The van der Waals surface area contributed by atoms with Crippen molar-refractivity contribution in [1.82, 2.24) is 0 Å². The van der Waals surface area contributed by atoms with Gasteiger partial charge in [0.15, 0.2) is 17.6 Å². The molecule has 13 nitrogen and oxygen atoms in total. The van der Waals surface area contributed by atoms with Gasteiger partial charge >= 0.3 is 23.9 Å². The minimum absolute atomic E-state index is 0.0189. The highest BCUT2D eigenvalue weighted by atomic mass is 32.1. The number of esters is 4. The largest absolute Gasteiger partial charge is 0.464 e. The van der Waals surface area contributed by atoms with Crippen molar-refractivity contribution < 1.29 is 57.1 Å². The molecule has 0 N–H and O–H groups in total. The Morgan fingerprint density at radius 1 is 0.689 bits per heavy atom. The van der Waals surface area contributed by atoms with Gasteiger partial charge in [0.05, 0.1) is 55.5 Å². The summed E-state index contributed by atoms with van der Waals surface area (Å²) in [6.07, 6.45) is -2.53. The Balaban J connectivity index is 2.00. The Labute approximate surface area is 263 Å². The zero-order valence-corrected chi connectivity index (χ0v) is 26.3.